The molecule has 0 radical (unpaired) electrons. The molecule has 0 bridgehead atoms. The van der Waals surface area contributed by atoms with Crippen molar-refractivity contribution >= 4 is 56.9 Å². The Labute approximate surface area is 397 Å². The minimum atomic E-state index is -0.687. The predicted octanol–water partition coefficient (Wildman–Crippen LogP) is 16.5. The normalized spacial score (nSPS) is 13.1. The van der Waals surface area contributed by atoms with Gasteiger partial charge in [0.1, 0.15) is 5.69 Å². The van der Waals surface area contributed by atoms with Crippen LogP contribution in [0.4, 0.5) is 56.9 Å². The highest BCUT2D eigenvalue weighted by atomic mass is 16.5. The highest BCUT2D eigenvalue weighted by Gasteiger charge is 2.40. The van der Waals surface area contributed by atoms with Gasteiger partial charge in [0.15, 0.2) is 11.4 Å². The zero-order valence-electron chi connectivity index (χ0n) is 37.3. The SMILES string of the molecule is [O-][N+]1(c2ccc(-c3ccc4c(c3)CNCN4)cc2)c2ccc(-c3ccc(N(c4ccccc4)c4ccccc4)cc3)cc2-c2cc(-c3ccc(N(c4ccccc4)c4ccccc4)cc3)ccc21. The summed E-state index contributed by atoms with van der Waals surface area (Å²) < 4.78 is -0.687. The first-order valence-corrected chi connectivity index (χ1v) is 23.2. The Balaban J connectivity index is 0.933. The molecule has 0 aromatic heterocycles. The molecule has 326 valence electrons. The van der Waals surface area contributed by atoms with Crippen LogP contribution in [0.25, 0.3) is 44.5 Å². The zero-order chi connectivity index (χ0) is 45.4. The van der Waals surface area contributed by atoms with Gasteiger partial charge in [0.2, 0.25) is 0 Å². The smallest absolute Gasteiger partial charge is 0.151 e. The van der Waals surface area contributed by atoms with Gasteiger partial charge in [-0.3, -0.25) is 9.96 Å². The van der Waals surface area contributed by atoms with E-state index in [-0.39, 0.29) is 0 Å². The number of benzene rings is 10. The Bertz CT molecular complexity index is 3130. The summed E-state index contributed by atoms with van der Waals surface area (Å²) in [5.41, 5.74) is 19.2. The Morgan fingerprint density at radius 1 is 0.353 bits per heavy atom. The number of para-hydroxylation sites is 4. The zero-order valence-corrected chi connectivity index (χ0v) is 37.3. The fraction of sp³-hybridized carbons (Fsp3) is 0.0323. The molecule has 2 aliphatic heterocycles. The largest absolute Gasteiger partial charge is 0.616 e. The number of nitrogens with zero attached hydrogens (tertiary/aromatic N) is 3. The molecule has 2 heterocycles. The van der Waals surface area contributed by atoms with Gasteiger partial charge in [-0.15, -0.1) is 0 Å². The minimum Gasteiger partial charge on any atom is -0.616 e. The first-order valence-electron chi connectivity index (χ1n) is 23.2. The summed E-state index contributed by atoms with van der Waals surface area (Å²) >= 11 is 0. The fourth-order valence-corrected chi connectivity index (χ4v) is 9.94. The molecule has 12 rings (SSSR count). The number of nitrogens with one attached hydrogen (secondary N) is 2. The van der Waals surface area contributed by atoms with Crippen LogP contribution in [-0.2, 0) is 6.54 Å². The van der Waals surface area contributed by atoms with Crippen LogP contribution in [0.1, 0.15) is 5.56 Å². The summed E-state index contributed by atoms with van der Waals surface area (Å²) in [7, 11) is 0. The van der Waals surface area contributed by atoms with Crippen LogP contribution < -0.4 is 25.1 Å². The third kappa shape index (κ3) is 7.39. The van der Waals surface area contributed by atoms with E-state index in [4.69, 9.17) is 0 Å². The number of rotatable bonds is 10. The van der Waals surface area contributed by atoms with Crippen LogP contribution in [0.3, 0.4) is 0 Å². The molecule has 0 saturated carbocycles. The molecule has 6 nitrogen and oxygen atoms in total. The molecule has 0 unspecified atom stereocenters. The second-order valence-electron chi connectivity index (χ2n) is 17.4. The Morgan fingerprint density at radius 2 is 0.706 bits per heavy atom. The van der Waals surface area contributed by atoms with E-state index in [0.717, 1.165) is 97.5 Å². The summed E-state index contributed by atoms with van der Waals surface area (Å²) in [5.74, 6) is 0. The molecule has 2 aliphatic rings. The molecule has 10 aromatic carbocycles. The van der Waals surface area contributed by atoms with E-state index in [2.05, 4.69) is 221 Å². The van der Waals surface area contributed by atoms with Crippen molar-refractivity contribution < 1.29 is 0 Å². The molecule has 0 atom stereocenters. The van der Waals surface area contributed by atoms with Crippen molar-refractivity contribution in [2.75, 3.05) is 21.8 Å². The van der Waals surface area contributed by atoms with Crippen LogP contribution in [0.15, 0.2) is 249 Å². The fourth-order valence-electron chi connectivity index (χ4n) is 9.94. The van der Waals surface area contributed by atoms with Crippen LogP contribution >= 0.6 is 0 Å². The molecular weight excluding hydrogens is 831 g/mol. The lowest BCUT2D eigenvalue weighted by Crippen LogP contribution is -2.29. The molecule has 0 amide bonds. The second kappa shape index (κ2) is 17.4. The van der Waals surface area contributed by atoms with Gasteiger partial charge in [0, 0.05) is 70.6 Å². The van der Waals surface area contributed by atoms with Crippen LogP contribution in [0.2, 0.25) is 0 Å². The summed E-state index contributed by atoms with van der Waals surface area (Å²) in [4.78, 5) is 4.54. The number of anilines is 7. The molecule has 0 saturated heterocycles. The molecule has 10 aromatic rings. The van der Waals surface area contributed by atoms with Crippen LogP contribution in [0.5, 0.6) is 0 Å². The van der Waals surface area contributed by atoms with E-state index in [1.165, 1.54) is 5.56 Å². The third-order valence-corrected chi connectivity index (χ3v) is 13.3. The molecule has 0 aliphatic carbocycles. The summed E-state index contributed by atoms with van der Waals surface area (Å²) in [5, 5.41) is 22.8. The molecule has 68 heavy (non-hydrogen) atoms. The minimum absolute atomic E-state index is 0.660. The maximum atomic E-state index is 16.0. The predicted molar refractivity (Wildman–Crippen MR) is 284 cm³/mol. The van der Waals surface area contributed by atoms with Crippen molar-refractivity contribution in [3.63, 3.8) is 0 Å². The number of quaternary nitrogens is 1. The number of hydrogen-bond donors (Lipinski definition) is 2. The van der Waals surface area contributed by atoms with Gasteiger partial charge in [-0.05, 0) is 160 Å². The lowest BCUT2D eigenvalue weighted by atomic mass is 9.96. The Hall–Kier alpha value is -8.52. The van der Waals surface area contributed by atoms with E-state index in [0.29, 0.717) is 17.1 Å². The van der Waals surface area contributed by atoms with Crippen molar-refractivity contribution in [3.8, 4) is 44.5 Å². The average Bonchev–Trinajstić information content (AvgIpc) is 3.67. The average molecular weight is 878 g/mol. The number of fused-ring (bicyclic) bond motifs is 4. The molecule has 0 fully saturated rings. The van der Waals surface area contributed by atoms with Gasteiger partial charge in [-0.2, -0.15) is 0 Å². The third-order valence-electron chi connectivity index (χ3n) is 13.3. The van der Waals surface area contributed by atoms with Gasteiger partial charge < -0.3 is 20.3 Å². The van der Waals surface area contributed by atoms with Crippen molar-refractivity contribution in [1.82, 2.24) is 9.96 Å². The topological polar surface area (TPSA) is 53.6 Å². The summed E-state index contributed by atoms with van der Waals surface area (Å²) in [6, 6.07) is 86.7. The Morgan fingerprint density at radius 3 is 1.13 bits per heavy atom. The standard InChI is InChI=1S/C62H47N5O/c68-67(57-34-25-46(26-35-57)47-27-36-60-50(39-47)42-63-43-64-60)61-37-28-48(44-21-30-55(31-22-44)65(51-13-5-1-6-14-51)52-15-7-2-8-16-52)40-58(61)59-41-49(29-38-62(59)67)45-23-32-56(33-24-45)66(53-17-9-3-10-18-53)54-19-11-4-12-20-54/h1-41,63-64H,42-43H2. The van der Waals surface area contributed by atoms with Crippen LogP contribution in [-0.4, -0.2) is 6.67 Å². The monoisotopic (exact) mass is 877 g/mol. The molecule has 2 N–H and O–H groups in total. The van der Waals surface area contributed by atoms with Crippen molar-refractivity contribution in [2.45, 2.75) is 6.54 Å². The molecular formula is C62H47N5O. The molecule has 0 spiro atoms. The van der Waals surface area contributed by atoms with E-state index in [1.807, 2.05) is 48.5 Å². The van der Waals surface area contributed by atoms with Gasteiger partial charge >= 0.3 is 0 Å². The maximum absolute atomic E-state index is 16.0. The summed E-state index contributed by atoms with van der Waals surface area (Å²) in [6.07, 6.45) is 0. The molecule has 6 heteroatoms. The van der Waals surface area contributed by atoms with Gasteiger partial charge in [-0.25, -0.2) is 0 Å². The van der Waals surface area contributed by atoms with Gasteiger partial charge in [0.25, 0.3) is 0 Å². The lowest BCUT2D eigenvalue weighted by Gasteiger charge is -2.38. The first kappa shape index (κ1) is 40.9. The quantitative estimate of drug-likeness (QED) is 0.106. The lowest BCUT2D eigenvalue weighted by molar-refractivity contribution is 0.709. The van der Waals surface area contributed by atoms with Crippen molar-refractivity contribution in [3.05, 3.63) is 259 Å². The number of hydrogen-bond acceptors (Lipinski definition) is 5. The maximum Gasteiger partial charge on any atom is 0.151 e. The summed E-state index contributed by atoms with van der Waals surface area (Å²) in [6.45, 7) is 1.58. The highest BCUT2D eigenvalue weighted by molar-refractivity contribution is 6.02. The van der Waals surface area contributed by atoms with E-state index < -0.39 is 4.65 Å². The van der Waals surface area contributed by atoms with Gasteiger partial charge in [-0.1, -0.05) is 103 Å². The second-order valence-corrected chi connectivity index (χ2v) is 17.4. The first-order chi connectivity index (χ1) is 33.6. The Kier molecular flexibility index (Phi) is 10.5. The highest BCUT2D eigenvalue weighted by Crippen LogP contribution is 2.58. The van der Waals surface area contributed by atoms with E-state index >= 15 is 5.21 Å². The van der Waals surface area contributed by atoms with E-state index in [9.17, 15) is 0 Å². The van der Waals surface area contributed by atoms with Crippen molar-refractivity contribution in [1.29, 1.82) is 0 Å². The van der Waals surface area contributed by atoms with Gasteiger partial charge in [0.05, 0.1) is 17.8 Å². The van der Waals surface area contributed by atoms with Crippen LogP contribution in [0, 0.1) is 5.21 Å². The van der Waals surface area contributed by atoms with Crippen molar-refractivity contribution in [2.24, 2.45) is 0 Å². The van der Waals surface area contributed by atoms with E-state index in [1.54, 1.807) is 0 Å².